The van der Waals surface area contributed by atoms with Crippen molar-refractivity contribution in [3.63, 3.8) is 0 Å². The average molecular weight is 294 g/mol. The monoisotopic (exact) mass is 294 g/mol. The van der Waals surface area contributed by atoms with Gasteiger partial charge in [-0.1, -0.05) is 13.8 Å². The third-order valence-electron chi connectivity index (χ3n) is 3.16. The number of nitrogens with zero attached hydrogens (tertiary/aromatic N) is 1. The molecule has 6 nitrogen and oxygen atoms in total. The highest BCUT2D eigenvalue weighted by Gasteiger charge is 2.27. The lowest BCUT2D eigenvalue weighted by Gasteiger charge is -2.25. The lowest BCUT2D eigenvalue weighted by Crippen LogP contribution is -2.49. The van der Waals surface area contributed by atoms with Crippen LogP contribution in [0.25, 0.3) is 0 Å². The first-order valence-corrected chi connectivity index (χ1v) is 6.67. The van der Waals surface area contributed by atoms with Crippen LogP contribution in [-0.2, 0) is 9.63 Å². The minimum absolute atomic E-state index is 0.0581. The zero-order chi connectivity index (χ0) is 16.0. The Hall–Kier alpha value is -2.08. The van der Waals surface area contributed by atoms with E-state index in [9.17, 15) is 9.59 Å². The number of amides is 2. The van der Waals surface area contributed by atoms with Crippen molar-refractivity contribution in [2.45, 2.75) is 19.9 Å². The molecule has 1 aromatic carbocycles. The third-order valence-corrected chi connectivity index (χ3v) is 3.16. The Labute approximate surface area is 125 Å². The molecule has 6 heteroatoms. The number of methoxy groups -OCH3 is 1. The molecule has 0 fully saturated rings. The van der Waals surface area contributed by atoms with E-state index in [1.54, 1.807) is 31.4 Å². The maximum atomic E-state index is 12.2. The largest absolute Gasteiger partial charge is 0.497 e. The predicted octanol–water partition coefficient (Wildman–Crippen LogP) is 1.47. The van der Waals surface area contributed by atoms with E-state index in [0.717, 1.165) is 5.06 Å². The van der Waals surface area contributed by atoms with Crippen molar-refractivity contribution in [1.29, 1.82) is 0 Å². The van der Waals surface area contributed by atoms with Gasteiger partial charge in [-0.3, -0.25) is 14.4 Å². The molecule has 0 heterocycles. The van der Waals surface area contributed by atoms with Crippen LogP contribution in [0, 0.1) is 5.92 Å². The summed E-state index contributed by atoms with van der Waals surface area (Å²) in [5, 5.41) is 3.84. The second kappa shape index (κ2) is 7.64. The Balaban J connectivity index is 2.83. The van der Waals surface area contributed by atoms with Crippen LogP contribution in [0.15, 0.2) is 24.3 Å². The highest BCUT2D eigenvalue weighted by molar-refractivity contribution is 5.97. The SMILES string of the molecule is COc1ccc(C(=O)NC(C(=O)N(C)OC)C(C)C)cc1. The van der Waals surface area contributed by atoms with E-state index in [1.165, 1.54) is 14.2 Å². The number of carbonyl (C=O) groups excluding carboxylic acids is 2. The van der Waals surface area contributed by atoms with Crippen LogP contribution in [0.2, 0.25) is 0 Å². The molecule has 0 aliphatic heterocycles. The quantitative estimate of drug-likeness (QED) is 0.807. The van der Waals surface area contributed by atoms with Crippen molar-refractivity contribution in [2.24, 2.45) is 5.92 Å². The molecule has 0 aromatic heterocycles. The van der Waals surface area contributed by atoms with E-state index in [2.05, 4.69) is 5.32 Å². The Kier molecular flexibility index (Phi) is 6.17. The first-order valence-electron chi connectivity index (χ1n) is 6.67. The van der Waals surface area contributed by atoms with E-state index in [1.807, 2.05) is 13.8 Å². The molecule has 0 bridgehead atoms. The second-order valence-corrected chi connectivity index (χ2v) is 4.94. The van der Waals surface area contributed by atoms with Crippen LogP contribution in [0.4, 0.5) is 0 Å². The third kappa shape index (κ3) is 4.46. The maximum absolute atomic E-state index is 12.2. The van der Waals surface area contributed by atoms with Crippen LogP contribution in [0.1, 0.15) is 24.2 Å². The van der Waals surface area contributed by atoms with Gasteiger partial charge in [-0.05, 0) is 30.2 Å². The second-order valence-electron chi connectivity index (χ2n) is 4.94. The number of rotatable bonds is 6. The van der Waals surface area contributed by atoms with Gasteiger partial charge in [0.2, 0.25) is 0 Å². The van der Waals surface area contributed by atoms with Gasteiger partial charge in [0.1, 0.15) is 11.8 Å². The Morgan fingerprint density at radius 1 is 1.14 bits per heavy atom. The minimum Gasteiger partial charge on any atom is -0.497 e. The topological polar surface area (TPSA) is 67.9 Å². The molecule has 0 saturated heterocycles. The minimum atomic E-state index is -0.649. The van der Waals surface area contributed by atoms with E-state index in [-0.39, 0.29) is 17.7 Å². The van der Waals surface area contributed by atoms with Crippen LogP contribution in [0.3, 0.4) is 0 Å². The van der Waals surface area contributed by atoms with Crippen LogP contribution >= 0.6 is 0 Å². The number of ether oxygens (including phenoxy) is 1. The highest BCUT2D eigenvalue weighted by atomic mass is 16.7. The van der Waals surface area contributed by atoms with Crippen molar-refractivity contribution in [3.05, 3.63) is 29.8 Å². The average Bonchev–Trinajstić information content (AvgIpc) is 2.50. The summed E-state index contributed by atoms with van der Waals surface area (Å²) in [5.41, 5.74) is 0.467. The molecule has 1 unspecified atom stereocenters. The summed E-state index contributed by atoms with van der Waals surface area (Å²) in [4.78, 5) is 29.2. The molecule has 116 valence electrons. The van der Waals surface area contributed by atoms with Gasteiger partial charge in [-0.25, -0.2) is 5.06 Å². The van der Waals surface area contributed by atoms with E-state index >= 15 is 0 Å². The van der Waals surface area contributed by atoms with Crippen LogP contribution in [-0.4, -0.2) is 44.2 Å². The number of hydrogen-bond acceptors (Lipinski definition) is 4. The van der Waals surface area contributed by atoms with Gasteiger partial charge in [-0.15, -0.1) is 0 Å². The fourth-order valence-electron chi connectivity index (χ4n) is 1.77. The summed E-state index contributed by atoms with van der Waals surface area (Å²) in [6, 6.07) is 6.04. The van der Waals surface area contributed by atoms with Crippen molar-refractivity contribution >= 4 is 11.8 Å². The smallest absolute Gasteiger partial charge is 0.268 e. The number of benzene rings is 1. The molecule has 1 atom stereocenters. The molecule has 0 radical (unpaired) electrons. The molecule has 2 amide bonds. The van der Waals surface area contributed by atoms with Gasteiger partial charge in [-0.2, -0.15) is 0 Å². The lowest BCUT2D eigenvalue weighted by atomic mass is 10.0. The first kappa shape index (κ1) is 17.0. The molecule has 1 rings (SSSR count). The molecule has 0 spiro atoms. The number of nitrogens with one attached hydrogen (secondary N) is 1. The standard InChI is InChI=1S/C15H22N2O4/c1-10(2)13(15(19)17(3)21-5)16-14(18)11-6-8-12(20-4)9-7-11/h6-10,13H,1-5H3,(H,16,18). The van der Waals surface area contributed by atoms with E-state index in [4.69, 9.17) is 9.57 Å². The van der Waals surface area contributed by atoms with Crippen molar-refractivity contribution < 1.29 is 19.2 Å². The number of hydroxylamine groups is 2. The molecule has 21 heavy (non-hydrogen) atoms. The van der Waals surface area contributed by atoms with Crippen molar-refractivity contribution in [2.75, 3.05) is 21.3 Å². The number of likely N-dealkylation sites (N-methyl/N-ethyl adjacent to an activating group) is 1. The van der Waals surface area contributed by atoms with E-state index < -0.39 is 6.04 Å². The Bertz CT molecular complexity index is 485. The van der Waals surface area contributed by atoms with Gasteiger partial charge in [0.25, 0.3) is 11.8 Å². The summed E-state index contributed by atoms with van der Waals surface area (Å²) in [7, 11) is 4.47. The van der Waals surface area contributed by atoms with Gasteiger partial charge in [0.15, 0.2) is 0 Å². The van der Waals surface area contributed by atoms with Gasteiger partial charge in [0, 0.05) is 12.6 Å². The fourth-order valence-corrected chi connectivity index (χ4v) is 1.77. The Morgan fingerprint density at radius 2 is 1.71 bits per heavy atom. The van der Waals surface area contributed by atoms with Gasteiger partial charge >= 0.3 is 0 Å². The lowest BCUT2D eigenvalue weighted by molar-refractivity contribution is -0.171. The predicted molar refractivity (Wildman–Crippen MR) is 78.9 cm³/mol. The molecule has 0 aliphatic rings. The molecule has 0 aliphatic carbocycles. The molecular formula is C15H22N2O4. The summed E-state index contributed by atoms with van der Waals surface area (Å²) in [5.74, 6) is 0.00279. The van der Waals surface area contributed by atoms with Crippen LogP contribution < -0.4 is 10.1 Å². The fraction of sp³-hybridized carbons (Fsp3) is 0.467. The van der Waals surface area contributed by atoms with E-state index in [0.29, 0.717) is 11.3 Å². The van der Waals surface area contributed by atoms with Gasteiger partial charge < -0.3 is 10.1 Å². The van der Waals surface area contributed by atoms with Crippen molar-refractivity contribution in [3.8, 4) is 5.75 Å². The number of carbonyl (C=O) groups is 2. The normalized spacial score (nSPS) is 11.9. The molecule has 1 aromatic rings. The summed E-state index contributed by atoms with van der Waals surface area (Å²) in [6.07, 6.45) is 0. The van der Waals surface area contributed by atoms with Crippen molar-refractivity contribution in [1.82, 2.24) is 10.4 Å². The van der Waals surface area contributed by atoms with Crippen LogP contribution in [0.5, 0.6) is 5.75 Å². The molecule has 1 N–H and O–H groups in total. The molecular weight excluding hydrogens is 272 g/mol. The maximum Gasteiger partial charge on any atom is 0.268 e. The zero-order valence-electron chi connectivity index (χ0n) is 13.0. The summed E-state index contributed by atoms with van der Waals surface area (Å²) < 4.78 is 5.04. The Morgan fingerprint density at radius 3 is 2.14 bits per heavy atom. The summed E-state index contributed by atoms with van der Waals surface area (Å²) >= 11 is 0. The zero-order valence-corrected chi connectivity index (χ0v) is 13.0. The number of hydrogen-bond donors (Lipinski definition) is 1. The van der Waals surface area contributed by atoms with Gasteiger partial charge in [0.05, 0.1) is 14.2 Å². The first-order chi connectivity index (χ1) is 9.90. The molecule has 0 saturated carbocycles. The highest BCUT2D eigenvalue weighted by Crippen LogP contribution is 2.12. The summed E-state index contributed by atoms with van der Waals surface area (Å²) in [6.45, 7) is 3.72.